The molecule has 0 radical (unpaired) electrons. The standard InChI is InChI=1S/C16H22N4/c1-11(2)10-18-14-8-9-17-16(19-14)20-15-12(3)6-5-7-13(15)4/h5-9,11H,10H2,1-4H3,(H2,17,18,19,20). The minimum Gasteiger partial charge on any atom is -0.370 e. The number of nitrogens with one attached hydrogen (secondary N) is 2. The molecule has 0 spiro atoms. The Morgan fingerprint density at radius 3 is 2.45 bits per heavy atom. The third-order valence-corrected chi connectivity index (χ3v) is 3.06. The first-order valence-electron chi connectivity index (χ1n) is 6.96. The van der Waals surface area contributed by atoms with Crippen LogP contribution in [0.15, 0.2) is 30.5 Å². The minimum absolute atomic E-state index is 0.583. The van der Waals surface area contributed by atoms with E-state index in [-0.39, 0.29) is 0 Å². The van der Waals surface area contributed by atoms with Crippen LogP contribution in [0.2, 0.25) is 0 Å². The minimum atomic E-state index is 0.583. The summed E-state index contributed by atoms with van der Waals surface area (Å²) in [5, 5.41) is 6.61. The summed E-state index contributed by atoms with van der Waals surface area (Å²) in [6.45, 7) is 9.40. The van der Waals surface area contributed by atoms with E-state index in [4.69, 9.17) is 0 Å². The fraction of sp³-hybridized carbons (Fsp3) is 0.375. The van der Waals surface area contributed by atoms with Gasteiger partial charge in [0, 0.05) is 18.4 Å². The zero-order chi connectivity index (χ0) is 14.5. The molecule has 0 amide bonds. The predicted octanol–water partition coefficient (Wildman–Crippen LogP) is 3.90. The predicted molar refractivity (Wildman–Crippen MR) is 84.6 cm³/mol. The van der Waals surface area contributed by atoms with E-state index < -0.39 is 0 Å². The summed E-state index contributed by atoms with van der Waals surface area (Å²) in [5.41, 5.74) is 3.46. The molecule has 4 nitrogen and oxygen atoms in total. The van der Waals surface area contributed by atoms with Crippen LogP contribution in [0.4, 0.5) is 17.5 Å². The number of nitrogens with zero attached hydrogens (tertiary/aromatic N) is 2. The van der Waals surface area contributed by atoms with E-state index in [1.807, 2.05) is 6.07 Å². The lowest BCUT2D eigenvalue weighted by molar-refractivity contribution is 0.687. The topological polar surface area (TPSA) is 49.8 Å². The molecule has 2 aromatic rings. The number of aromatic nitrogens is 2. The normalized spacial score (nSPS) is 10.7. The van der Waals surface area contributed by atoms with Crippen molar-refractivity contribution >= 4 is 17.5 Å². The average molecular weight is 270 g/mol. The molecule has 0 aliphatic heterocycles. The molecule has 1 aromatic heterocycles. The molecule has 4 heteroatoms. The van der Waals surface area contributed by atoms with Crippen LogP contribution in [-0.2, 0) is 0 Å². The summed E-state index contributed by atoms with van der Waals surface area (Å²) in [5.74, 6) is 2.05. The second-order valence-corrected chi connectivity index (χ2v) is 5.43. The van der Waals surface area contributed by atoms with Gasteiger partial charge < -0.3 is 10.6 Å². The third kappa shape index (κ3) is 3.70. The van der Waals surface area contributed by atoms with E-state index >= 15 is 0 Å². The molecule has 0 atom stereocenters. The highest BCUT2D eigenvalue weighted by atomic mass is 15.1. The number of benzene rings is 1. The average Bonchev–Trinajstić information content (AvgIpc) is 2.41. The van der Waals surface area contributed by atoms with Crippen LogP contribution >= 0.6 is 0 Å². The van der Waals surface area contributed by atoms with Crippen molar-refractivity contribution < 1.29 is 0 Å². The van der Waals surface area contributed by atoms with E-state index in [1.54, 1.807) is 6.20 Å². The lowest BCUT2D eigenvalue weighted by Crippen LogP contribution is -2.10. The van der Waals surface area contributed by atoms with Crippen molar-refractivity contribution in [3.8, 4) is 0 Å². The molecule has 2 rings (SSSR count). The Morgan fingerprint density at radius 1 is 1.10 bits per heavy atom. The van der Waals surface area contributed by atoms with Crippen LogP contribution in [0, 0.1) is 19.8 Å². The first-order chi connectivity index (χ1) is 9.56. The van der Waals surface area contributed by atoms with Crippen molar-refractivity contribution in [1.29, 1.82) is 0 Å². The maximum atomic E-state index is 4.49. The molecule has 0 unspecified atom stereocenters. The monoisotopic (exact) mass is 270 g/mol. The van der Waals surface area contributed by atoms with E-state index in [0.29, 0.717) is 11.9 Å². The smallest absolute Gasteiger partial charge is 0.229 e. The van der Waals surface area contributed by atoms with Crippen molar-refractivity contribution in [3.05, 3.63) is 41.6 Å². The Kier molecular flexibility index (Phi) is 4.56. The second-order valence-electron chi connectivity index (χ2n) is 5.43. The lowest BCUT2D eigenvalue weighted by Gasteiger charge is -2.13. The molecule has 1 heterocycles. The van der Waals surface area contributed by atoms with Crippen LogP contribution < -0.4 is 10.6 Å². The summed E-state index contributed by atoms with van der Waals surface area (Å²) in [4.78, 5) is 8.77. The van der Waals surface area contributed by atoms with Gasteiger partial charge in [0.1, 0.15) is 5.82 Å². The number of para-hydroxylation sites is 1. The van der Waals surface area contributed by atoms with Crippen molar-refractivity contribution in [2.45, 2.75) is 27.7 Å². The maximum Gasteiger partial charge on any atom is 0.229 e. The lowest BCUT2D eigenvalue weighted by atomic mass is 10.1. The molecular weight excluding hydrogens is 248 g/mol. The van der Waals surface area contributed by atoms with Gasteiger partial charge in [-0.25, -0.2) is 4.98 Å². The van der Waals surface area contributed by atoms with Crippen molar-refractivity contribution in [2.24, 2.45) is 5.92 Å². The summed E-state index contributed by atoms with van der Waals surface area (Å²) >= 11 is 0. The molecule has 0 bridgehead atoms. The summed E-state index contributed by atoms with van der Waals surface area (Å²) in [7, 11) is 0. The van der Waals surface area contributed by atoms with Gasteiger partial charge in [0.25, 0.3) is 0 Å². The maximum absolute atomic E-state index is 4.49. The molecule has 0 saturated carbocycles. The van der Waals surface area contributed by atoms with Gasteiger partial charge in [-0.1, -0.05) is 32.0 Å². The van der Waals surface area contributed by atoms with Gasteiger partial charge in [0.15, 0.2) is 0 Å². The number of hydrogen-bond acceptors (Lipinski definition) is 4. The fourth-order valence-electron chi connectivity index (χ4n) is 1.95. The Bertz CT molecular complexity index is 558. The van der Waals surface area contributed by atoms with Crippen LogP contribution in [0.3, 0.4) is 0 Å². The largest absolute Gasteiger partial charge is 0.370 e. The molecular formula is C16H22N4. The molecule has 0 saturated heterocycles. The van der Waals surface area contributed by atoms with Gasteiger partial charge in [0.2, 0.25) is 5.95 Å². The van der Waals surface area contributed by atoms with Crippen molar-refractivity contribution in [1.82, 2.24) is 9.97 Å². The van der Waals surface area contributed by atoms with Crippen LogP contribution in [-0.4, -0.2) is 16.5 Å². The molecule has 106 valence electrons. The van der Waals surface area contributed by atoms with Crippen molar-refractivity contribution in [3.63, 3.8) is 0 Å². The van der Waals surface area contributed by atoms with Crippen LogP contribution in [0.5, 0.6) is 0 Å². The van der Waals surface area contributed by atoms with Gasteiger partial charge >= 0.3 is 0 Å². The number of hydrogen-bond donors (Lipinski definition) is 2. The summed E-state index contributed by atoms with van der Waals surface area (Å²) in [6.07, 6.45) is 1.77. The van der Waals surface area contributed by atoms with E-state index in [2.05, 4.69) is 66.5 Å². The highest BCUT2D eigenvalue weighted by Crippen LogP contribution is 2.22. The first-order valence-corrected chi connectivity index (χ1v) is 6.96. The Balaban J connectivity index is 2.15. The fourth-order valence-corrected chi connectivity index (χ4v) is 1.95. The molecule has 0 aliphatic rings. The summed E-state index contributed by atoms with van der Waals surface area (Å²) < 4.78 is 0. The van der Waals surface area contributed by atoms with Crippen LogP contribution in [0.1, 0.15) is 25.0 Å². The van der Waals surface area contributed by atoms with Gasteiger partial charge in [-0.3, -0.25) is 0 Å². The SMILES string of the molecule is Cc1cccc(C)c1Nc1nccc(NCC(C)C)n1. The van der Waals surface area contributed by atoms with E-state index in [1.165, 1.54) is 11.1 Å². The van der Waals surface area contributed by atoms with E-state index in [0.717, 1.165) is 18.1 Å². The summed E-state index contributed by atoms with van der Waals surface area (Å²) in [6, 6.07) is 8.10. The quantitative estimate of drug-likeness (QED) is 0.865. The number of anilines is 3. The molecule has 0 aliphatic carbocycles. The van der Waals surface area contributed by atoms with Gasteiger partial charge in [-0.05, 0) is 37.0 Å². The molecule has 0 fully saturated rings. The zero-order valence-electron chi connectivity index (χ0n) is 12.6. The van der Waals surface area contributed by atoms with Gasteiger partial charge in [-0.2, -0.15) is 4.98 Å². The molecule has 20 heavy (non-hydrogen) atoms. The first kappa shape index (κ1) is 14.3. The van der Waals surface area contributed by atoms with Gasteiger partial charge in [0.05, 0.1) is 0 Å². The second kappa shape index (κ2) is 6.37. The molecule has 2 N–H and O–H groups in total. The highest BCUT2D eigenvalue weighted by Gasteiger charge is 2.05. The number of aryl methyl sites for hydroxylation is 2. The van der Waals surface area contributed by atoms with E-state index in [9.17, 15) is 0 Å². The molecule has 1 aromatic carbocycles. The van der Waals surface area contributed by atoms with Gasteiger partial charge in [-0.15, -0.1) is 0 Å². The zero-order valence-corrected chi connectivity index (χ0v) is 12.6. The highest BCUT2D eigenvalue weighted by molar-refractivity contribution is 5.63. The Morgan fingerprint density at radius 2 is 1.80 bits per heavy atom. The number of rotatable bonds is 5. The Hall–Kier alpha value is -2.10. The van der Waals surface area contributed by atoms with Crippen LogP contribution in [0.25, 0.3) is 0 Å². The van der Waals surface area contributed by atoms with Crippen molar-refractivity contribution in [2.75, 3.05) is 17.2 Å². The third-order valence-electron chi connectivity index (χ3n) is 3.06. The Labute approximate surface area is 120 Å².